The second kappa shape index (κ2) is 6.92. The average molecular weight is 265 g/mol. The fourth-order valence-corrected chi connectivity index (χ4v) is 2.65. The van der Waals surface area contributed by atoms with E-state index in [1.165, 1.54) is 0 Å². The van der Waals surface area contributed by atoms with E-state index in [-0.39, 0.29) is 6.04 Å². The van der Waals surface area contributed by atoms with Gasteiger partial charge in [-0.25, -0.2) is 0 Å². The Kier molecular flexibility index (Phi) is 5.83. The number of hydrogen-bond donors (Lipinski definition) is 2. The van der Waals surface area contributed by atoms with Crippen LogP contribution >= 0.6 is 0 Å². The van der Waals surface area contributed by atoms with Gasteiger partial charge in [-0.1, -0.05) is 20.8 Å². The van der Waals surface area contributed by atoms with E-state index in [1.54, 1.807) is 7.11 Å². The minimum atomic E-state index is -0.495. The van der Waals surface area contributed by atoms with Crippen molar-refractivity contribution in [3.63, 3.8) is 0 Å². The number of aliphatic hydroxyl groups excluding tert-OH is 1. The van der Waals surface area contributed by atoms with E-state index in [1.807, 2.05) is 26.0 Å². The van der Waals surface area contributed by atoms with Crippen molar-refractivity contribution in [3.05, 3.63) is 28.8 Å². The third kappa shape index (κ3) is 3.71. The standard InChI is InChI=1S/C16H27NO2/c1-7-17-15(10(2)3)16(18)14-11(4)8-13(19-6)9-12(14)5/h8-10,15-18H,7H2,1-6H3. The molecular weight excluding hydrogens is 238 g/mol. The summed E-state index contributed by atoms with van der Waals surface area (Å²) >= 11 is 0. The summed E-state index contributed by atoms with van der Waals surface area (Å²) in [4.78, 5) is 0. The molecule has 2 unspecified atom stereocenters. The first-order valence-corrected chi connectivity index (χ1v) is 6.98. The zero-order chi connectivity index (χ0) is 14.6. The second-order valence-corrected chi connectivity index (χ2v) is 5.45. The van der Waals surface area contributed by atoms with Crippen LogP contribution in [0.4, 0.5) is 0 Å². The molecule has 0 aliphatic heterocycles. The number of aryl methyl sites for hydroxylation is 2. The van der Waals surface area contributed by atoms with E-state index < -0.39 is 6.10 Å². The molecule has 0 amide bonds. The molecule has 108 valence electrons. The summed E-state index contributed by atoms with van der Waals surface area (Å²) in [5, 5.41) is 14.1. The van der Waals surface area contributed by atoms with Crippen LogP contribution in [0.1, 0.15) is 43.6 Å². The van der Waals surface area contributed by atoms with Crippen molar-refractivity contribution in [1.29, 1.82) is 0 Å². The van der Waals surface area contributed by atoms with Crippen molar-refractivity contribution < 1.29 is 9.84 Å². The Morgan fingerprint density at radius 2 is 1.74 bits per heavy atom. The van der Waals surface area contributed by atoms with Crippen molar-refractivity contribution in [2.75, 3.05) is 13.7 Å². The number of nitrogens with one attached hydrogen (secondary N) is 1. The molecule has 1 aromatic carbocycles. The molecule has 3 nitrogen and oxygen atoms in total. The maximum absolute atomic E-state index is 10.7. The molecule has 0 radical (unpaired) electrons. The maximum Gasteiger partial charge on any atom is 0.119 e. The zero-order valence-electron chi connectivity index (χ0n) is 12.9. The van der Waals surface area contributed by atoms with E-state index in [2.05, 4.69) is 26.1 Å². The average Bonchev–Trinajstić information content (AvgIpc) is 2.34. The first-order valence-electron chi connectivity index (χ1n) is 6.98. The topological polar surface area (TPSA) is 41.5 Å². The van der Waals surface area contributed by atoms with Crippen molar-refractivity contribution in [1.82, 2.24) is 5.32 Å². The first kappa shape index (κ1) is 16.0. The molecule has 0 fully saturated rings. The Morgan fingerprint density at radius 1 is 1.21 bits per heavy atom. The molecule has 1 rings (SSSR count). The van der Waals surface area contributed by atoms with Gasteiger partial charge in [-0.05, 0) is 55.1 Å². The summed E-state index contributed by atoms with van der Waals surface area (Å²) in [7, 11) is 1.67. The van der Waals surface area contributed by atoms with Crippen LogP contribution in [0, 0.1) is 19.8 Å². The van der Waals surface area contributed by atoms with Gasteiger partial charge >= 0.3 is 0 Å². The van der Waals surface area contributed by atoms with Crippen LogP contribution < -0.4 is 10.1 Å². The summed E-state index contributed by atoms with van der Waals surface area (Å²) in [5.74, 6) is 1.21. The molecule has 3 heteroatoms. The van der Waals surface area contributed by atoms with Crippen LogP contribution in [0.2, 0.25) is 0 Å². The summed E-state index contributed by atoms with van der Waals surface area (Å²) in [6.45, 7) is 11.2. The summed E-state index contributed by atoms with van der Waals surface area (Å²) in [6, 6.07) is 4.03. The van der Waals surface area contributed by atoms with Gasteiger partial charge in [-0.3, -0.25) is 0 Å². The number of benzene rings is 1. The number of aliphatic hydroxyl groups is 1. The van der Waals surface area contributed by atoms with Crippen molar-refractivity contribution in [2.45, 2.75) is 46.8 Å². The highest BCUT2D eigenvalue weighted by atomic mass is 16.5. The highest BCUT2D eigenvalue weighted by Gasteiger charge is 2.26. The summed E-state index contributed by atoms with van der Waals surface area (Å²) < 4.78 is 5.27. The molecule has 0 spiro atoms. The second-order valence-electron chi connectivity index (χ2n) is 5.45. The van der Waals surface area contributed by atoms with E-state index >= 15 is 0 Å². The predicted octanol–water partition coefficient (Wildman–Crippen LogP) is 2.98. The molecular formula is C16H27NO2. The fourth-order valence-electron chi connectivity index (χ4n) is 2.65. The van der Waals surface area contributed by atoms with Gasteiger partial charge in [0.25, 0.3) is 0 Å². The van der Waals surface area contributed by atoms with Crippen LogP contribution in [0.25, 0.3) is 0 Å². The van der Waals surface area contributed by atoms with Gasteiger partial charge in [0.15, 0.2) is 0 Å². The lowest BCUT2D eigenvalue weighted by Crippen LogP contribution is -2.39. The van der Waals surface area contributed by atoms with Crippen molar-refractivity contribution >= 4 is 0 Å². The molecule has 0 aliphatic carbocycles. The Hall–Kier alpha value is -1.06. The number of likely N-dealkylation sites (N-methyl/N-ethyl adjacent to an activating group) is 1. The van der Waals surface area contributed by atoms with Gasteiger partial charge in [-0.2, -0.15) is 0 Å². The lowest BCUT2D eigenvalue weighted by Gasteiger charge is -2.29. The first-order chi connectivity index (χ1) is 8.92. The lowest BCUT2D eigenvalue weighted by molar-refractivity contribution is 0.105. The third-order valence-corrected chi connectivity index (χ3v) is 3.60. The van der Waals surface area contributed by atoms with Crippen LogP contribution in [0.5, 0.6) is 5.75 Å². The van der Waals surface area contributed by atoms with E-state index in [4.69, 9.17) is 4.74 Å². The van der Waals surface area contributed by atoms with Gasteiger partial charge in [0.05, 0.1) is 13.2 Å². The molecule has 19 heavy (non-hydrogen) atoms. The van der Waals surface area contributed by atoms with Crippen LogP contribution in [-0.2, 0) is 0 Å². The Balaban J connectivity index is 3.13. The fraction of sp³-hybridized carbons (Fsp3) is 0.625. The highest BCUT2D eigenvalue weighted by Crippen LogP contribution is 2.30. The Bertz CT molecular complexity index is 392. The quantitative estimate of drug-likeness (QED) is 0.831. The van der Waals surface area contributed by atoms with Gasteiger partial charge in [0, 0.05) is 6.04 Å². The van der Waals surface area contributed by atoms with Gasteiger partial charge < -0.3 is 15.2 Å². The predicted molar refractivity (Wildman–Crippen MR) is 79.7 cm³/mol. The van der Waals surface area contributed by atoms with Crippen molar-refractivity contribution in [3.8, 4) is 5.75 Å². The molecule has 0 saturated heterocycles. The molecule has 2 atom stereocenters. The van der Waals surface area contributed by atoms with E-state index in [0.29, 0.717) is 5.92 Å². The van der Waals surface area contributed by atoms with Crippen molar-refractivity contribution in [2.24, 2.45) is 5.92 Å². The minimum Gasteiger partial charge on any atom is -0.497 e. The normalized spacial score (nSPS) is 14.5. The molecule has 0 aromatic heterocycles. The maximum atomic E-state index is 10.7. The summed E-state index contributed by atoms with van der Waals surface area (Å²) in [6.07, 6.45) is -0.495. The molecule has 2 N–H and O–H groups in total. The monoisotopic (exact) mass is 265 g/mol. The third-order valence-electron chi connectivity index (χ3n) is 3.60. The number of methoxy groups -OCH3 is 1. The van der Waals surface area contributed by atoms with E-state index in [9.17, 15) is 5.11 Å². The molecule has 1 aromatic rings. The molecule has 0 bridgehead atoms. The summed E-state index contributed by atoms with van der Waals surface area (Å²) in [5.41, 5.74) is 3.17. The SMILES string of the molecule is CCNC(C(C)C)C(O)c1c(C)cc(OC)cc1C. The lowest BCUT2D eigenvalue weighted by atomic mass is 9.88. The molecule has 0 saturated carbocycles. The van der Waals surface area contributed by atoms with Gasteiger partial charge in [-0.15, -0.1) is 0 Å². The highest BCUT2D eigenvalue weighted by molar-refractivity contribution is 5.42. The largest absolute Gasteiger partial charge is 0.497 e. The van der Waals surface area contributed by atoms with Crippen LogP contribution in [0.3, 0.4) is 0 Å². The van der Waals surface area contributed by atoms with Crippen LogP contribution in [-0.4, -0.2) is 24.8 Å². The van der Waals surface area contributed by atoms with Gasteiger partial charge in [0.2, 0.25) is 0 Å². The smallest absolute Gasteiger partial charge is 0.119 e. The van der Waals surface area contributed by atoms with Gasteiger partial charge in [0.1, 0.15) is 5.75 Å². The molecule has 0 aliphatic rings. The molecule has 0 heterocycles. The Labute approximate surface area is 117 Å². The zero-order valence-corrected chi connectivity index (χ0v) is 12.9. The number of hydrogen-bond acceptors (Lipinski definition) is 3. The van der Waals surface area contributed by atoms with Crippen LogP contribution in [0.15, 0.2) is 12.1 Å². The number of ether oxygens (including phenoxy) is 1. The Morgan fingerprint density at radius 3 is 2.11 bits per heavy atom. The van der Waals surface area contributed by atoms with E-state index in [0.717, 1.165) is 29.0 Å². The number of rotatable bonds is 6. The minimum absolute atomic E-state index is 0.0656.